The summed E-state index contributed by atoms with van der Waals surface area (Å²) in [6, 6.07) is 8.38. The molecule has 0 heterocycles. The fraction of sp³-hybridized carbons (Fsp3) is 0.625. The van der Waals surface area contributed by atoms with E-state index in [0.717, 1.165) is 38.3 Å². The number of nitrogens with two attached hydrogens (primary N) is 1. The molecular formula is C16H28N2O. The van der Waals surface area contributed by atoms with E-state index in [2.05, 4.69) is 37.9 Å². The minimum Gasteiger partial charge on any atom is -0.494 e. The van der Waals surface area contributed by atoms with E-state index in [0.29, 0.717) is 0 Å². The molecule has 0 aliphatic rings. The molecule has 1 rings (SSSR count). The fourth-order valence-corrected chi connectivity index (χ4v) is 1.83. The lowest BCUT2D eigenvalue weighted by Crippen LogP contribution is -2.36. The molecule has 0 atom stereocenters. The van der Waals surface area contributed by atoms with Crippen LogP contribution in [0.4, 0.5) is 0 Å². The third-order valence-electron chi connectivity index (χ3n) is 3.15. The van der Waals surface area contributed by atoms with Gasteiger partial charge in [-0.2, -0.15) is 0 Å². The number of benzene rings is 1. The van der Waals surface area contributed by atoms with E-state index in [1.807, 2.05) is 19.1 Å². The van der Waals surface area contributed by atoms with Gasteiger partial charge in [0.25, 0.3) is 0 Å². The van der Waals surface area contributed by atoms with Crippen LogP contribution in [0.3, 0.4) is 0 Å². The van der Waals surface area contributed by atoms with E-state index >= 15 is 0 Å². The van der Waals surface area contributed by atoms with Crippen LogP contribution in [0.5, 0.6) is 5.75 Å². The molecule has 0 aliphatic carbocycles. The van der Waals surface area contributed by atoms with Gasteiger partial charge in [-0.15, -0.1) is 0 Å². The van der Waals surface area contributed by atoms with E-state index in [9.17, 15) is 0 Å². The summed E-state index contributed by atoms with van der Waals surface area (Å²) in [5.74, 6) is 0.949. The van der Waals surface area contributed by atoms with Crippen molar-refractivity contribution in [3.8, 4) is 5.75 Å². The Morgan fingerprint density at radius 3 is 2.32 bits per heavy atom. The highest BCUT2D eigenvalue weighted by molar-refractivity contribution is 5.27. The molecule has 3 heteroatoms. The van der Waals surface area contributed by atoms with Crippen molar-refractivity contribution in [3.05, 3.63) is 29.8 Å². The second kappa shape index (κ2) is 7.51. The summed E-state index contributed by atoms with van der Waals surface area (Å²) in [6.45, 7) is 8.98. The quantitative estimate of drug-likeness (QED) is 0.784. The van der Waals surface area contributed by atoms with Crippen molar-refractivity contribution in [2.45, 2.75) is 39.2 Å². The third kappa shape index (κ3) is 7.19. The van der Waals surface area contributed by atoms with Gasteiger partial charge in [-0.1, -0.05) is 12.1 Å². The van der Waals surface area contributed by atoms with Gasteiger partial charge in [0, 0.05) is 12.1 Å². The van der Waals surface area contributed by atoms with Gasteiger partial charge < -0.3 is 15.4 Å². The normalized spacial score (nSPS) is 11.9. The highest BCUT2D eigenvalue weighted by Gasteiger charge is 2.11. The molecular weight excluding hydrogens is 236 g/mol. The molecule has 0 radical (unpaired) electrons. The average Bonchev–Trinajstić information content (AvgIpc) is 2.35. The topological polar surface area (TPSA) is 38.5 Å². The molecule has 0 saturated heterocycles. The van der Waals surface area contributed by atoms with Gasteiger partial charge in [-0.25, -0.2) is 0 Å². The minimum atomic E-state index is -0.0760. The fourth-order valence-electron chi connectivity index (χ4n) is 1.83. The average molecular weight is 264 g/mol. The predicted octanol–water partition coefficient (Wildman–Crippen LogP) is 2.69. The van der Waals surface area contributed by atoms with Crippen LogP contribution in [0, 0.1) is 0 Å². The third-order valence-corrected chi connectivity index (χ3v) is 3.15. The van der Waals surface area contributed by atoms with Crippen LogP contribution in [-0.4, -0.2) is 37.2 Å². The number of ether oxygens (including phenoxy) is 1. The van der Waals surface area contributed by atoms with E-state index in [4.69, 9.17) is 10.5 Å². The Labute approximate surface area is 117 Å². The SMILES string of the molecule is CCOc1ccc(CCN(C)CCC(C)(C)N)cc1. The van der Waals surface area contributed by atoms with Gasteiger partial charge in [-0.05, 0) is 64.9 Å². The Morgan fingerprint density at radius 1 is 1.16 bits per heavy atom. The van der Waals surface area contributed by atoms with Gasteiger partial charge >= 0.3 is 0 Å². The largest absolute Gasteiger partial charge is 0.494 e. The first kappa shape index (κ1) is 16.0. The zero-order chi connectivity index (χ0) is 14.3. The Hall–Kier alpha value is -1.06. The maximum Gasteiger partial charge on any atom is 0.119 e. The lowest BCUT2D eigenvalue weighted by molar-refractivity contribution is 0.298. The first-order valence-electron chi connectivity index (χ1n) is 7.10. The molecule has 3 nitrogen and oxygen atoms in total. The van der Waals surface area contributed by atoms with Gasteiger partial charge in [0.1, 0.15) is 5.75 Å². The molecule has 0 bridgehead atoms. The van der Waals surface area contributed by atoms with E-state index in [1.165, 1.54) is 5.56 Å². The highest BCUT2D eigenvalue weighted by Crippen LogP contribution is 2.13. The summed E-state index contributed by atoms with van der Waals surface area (Å²) < 4.78 is 5.44. The second-order valence-corrected chi connectivity index (χ2v) is 5.87. The summed E-state index contributed by atoms with van der Waals surface area (Å²) in [6.07, 6.45) is 2.08. The van der Waals surface area contributed by atoms with Gasteiger partial charge in [-0.3, -0.25) is 0 Å². The van der Waals surface area contributed by atoms with Crippen LogP contribution in [0.2, 0.25) is 0 Å². The maximum atomic E-state index is 6.00. The van der Waals surface area contributed by atoms with Crippen molar-refractivity contribution >= 4 is 0 Å². The molecule has 2 N–H and O–H groups in total. The zero-order valence-corrected chi connectivity index (χ0v) is 12.8. The lowest BCUT2D eigenvalue weighted by Gasteiger charge is -2.23. The Bertz CT molecular complexity index is 354. The summed E-state index contributed by atoms with van der Waals surface area (Å²) in [5, 5.41) is 0. The van der Waals surface area contributed by atoms with Crippen molar-refractivity contribution in [1.29, 1.82) is 0 Å². The monoisotopic (exact) mass is 264 g/mol. The number of nitrogens with zero attached hydrogens (tertiary/aromatic N) is 1. The summed E-state index contributed by atoms with van der Waals surface area (Å²) in [4.78, 5) is 2.34. The smallest absolute Gasteiger partial charge is 0.119 e. The number of hydrogen-bond donors (Lipinski definition) is 1. The first-order chi connectivity index (χ1) is 8.90. The standard InChI is InChI=1S/C16H28N2O/c1-5-19-15-8-6-14(7-9-15)10-12-18(4)13-11-16(2,3)17/h6-9H,5,10-13,17H2,1-4H3. The molecule has 19 heavy (non-hydrogen) atoms. The van der Waals surface area contributed by atoms with E-state index < -0.39 is 0 Å². The van der Waals surface area contributed by atoms with Crippen LogP contribution in [-0.2, 0) is 6.42 Å². The summed E-state index contributed by atoms with van der Waals surface area (Å²) in [5.41, 5.74) is 7.27. The van der Waals surface area contributed by atoms with Crippen LogP contribution >= 0.6 is 0 Å². The number of rotatable bonds is 8. The van der Waals surface area contributed by atoms with Crippen LogP contribution < -0.4 is 10.5 Å². The van der Waals surface area contributed by atoms with Crippen LogP contribution in [0.25, 0.3) is 0 Å². The molecule has 0 aromatic heterocycles. The van der Waals surface area contributed by atoms with Crippen molar-refractivity contribution in [1.82, 2.24) is 4.90 Å². The van der Waals surface area contributed by atoms with Crippen LogP contribution in [0.15, 0.2) is 24.3 Å². The lowest BCUT2D eigenvalue weighted by atomic mass is 10.0. The summed E-state index contributed by atoms with van der Waals surface area (Å²) >= 11 is 0. The molecule has 108 valence electrons. The van der Waals surface area contributed by atoms with E-state index in [-0.39, 0.29) is 5.54 Å². The number of likely N-dealkylation sites (N-methyl/N-ethyl adjacent to an activating group) is 1. The Kier molecular flexibility index (Phi) is 6.32. The van der Waals surface area contributed by atoms with Crippen molar-refractivity contribution < 1.29 is 4.74 Å². The van der Waals surface area contributed by atoms with Gasteiger partial charge in [0.15, 0.2) is 0 Å². The minimum absolute atomic E-state index is 0.0760. The molecule has 1 aromatic rings. The Morgan fingerprint density at radius 2 is 1.79 bits per heavy atom. The molecule has 1 aromatic carbocycles. The predicted molar refractivity (Wildman–Crippen MR) is 81.7 cm³/mol. The van der Waals surface area contributed by atoms with Crippen molar-refractivity contribution in [2.24, 2.45) is 5.73 Å². The molecule has 0 spiro atoms. The van der Waals surface area contributed by atoms with Crippen molar-refractivity contribution in [3.63, 3.8) is 0 Å². The van der Waals surface area contributed by atoms with Gasteiger partial charge in [0.05, 0.1) is 6.61 Å². The van der Waals surface area contributed by atoms with E-state index in [1.54, 1.807) is 0 Å². The van der Waals surface area contributed by atoms with Crippen molar-refractivity contribution in [2.75, 3.05) is 26.7 Å². The van der Waals surface area contributed by atoms with Crippen LogP contribution in [0.1, 0.15) is 32.8 Å². The number of hydrogen-bond acceptors (Lipinski definition) is 3. The second-order valence-electron chi connectivity index (χ2n) is 5.87. The molecule has 0 saturated carbocycles. The highest BCUT2D eigenvalue weighted by atomic mass is 16.5. The Balaban J connectivity index is 2.31. The maximum absolute atomic E-state index is 6.00. The molecule has 0 unspecified atom stereocenters. The molecule has 0 fully saturated rings. The molecule has 0 aliphatic heterocycles. The molecule has 0 amide bonds. The van der Waals surface area contributed by atoms with Gasteiger partial charge in [0.2, 0.25) is 0 Å². The summed E-state index contributed by atoms with van der Waals surface area (Å²) in [7, 11) is 2.15. The zero-order valence-electron chi connectivity index (χ0n) is 12.8. The first-order valence-corrected chi connectivity index (χ1v) is 7.10.